The van der Waals surface area contributed by atoms with Crippen molar-refractivity contribution in [3.63, 3.8) is 0 Å². The van der Waals surface area contributed by atoms with Gasteiger partial charge in [-0.05, 0) is 37.3 Å². The summed E-state index contributed by atoms with van der Waals surface area (Å²) < 4.78 is 25.2. The maximum absolute atomic E-state index is 14.2. The Bertz CT molecular complexity index is 1140. The number of benzene rings is 2. The van der Waals surface area contributed by atoms with Gasteiger partial charge in [-0.2, -0.15) is 0 Å². The number of nitrogens with zero attached hydrogens (tertiary/aromatic N) is 2. The van der Waals surface area contributed by atoms with E-state index in [1.807, 2.05) is 30.3 Å². The van der Waals surface area contributed by atoms with Crippen LogP contribution in [0.3, 0.4) is 0 Å². The van der Waals surface area contributed by atoms with Gasteiger partial charge in [-0.25, -0.2) is 9.37 Å². The van der Waals surface area contributed by atoms with Gasteiger partial charge in [-0.1, -0.05) is 18.2 Å². The van der Waals surface area contributed by atoms with Gasteiger partial charge in [0.1, 0.15) is 11.6 Å². The van der Waals surface area contributed by atoms with Gasteiger partial charge >= 0.3 is 0 Å². The number of nitrogens with one attached hydrogen (secondary N) is 2. The van der Waals surface area contributed by atoms with Crippen molar-refractivity contribution >= 4 is 23.2 Å². The molecule has 2 N–H and O–H groups in total. The van der Waals surface area contributed by atoms with Crippen molar-refractivity contribution < 1.29 is 23.1 Å². The van der Waals surface area contributed by atoms with E-state index in [4.69, 9.17) is 9.15 Å². The summed E-state index contributed by atoms with van der Waals surface area (Å²) in [5.74, 6) is -0.184. The first kappa shape index (κ1) is 23.6. The topological polar surface area (TPSA) is 96.7 Å². The zero-order valence-electron chi connectivity index (χ0n) is 19.0. The maximum Gasteiger partial charge on any atom is 0.230 e. The molecule has 0 aliphatic carbocycles. The van der Waals surface area contributed by atoms with Crippen LogP contribution >= 0.6 is 0 Å². The first-order valence-corrected chi connectivity index (χ1v) is 11.2. The minimum Gasteiger partial charge on any atom is -0.441 e. The molecule has 4 rings (SSSR count). The number of hydrogen-bond acceptors (Lipinski definition) is 6. The molecule has 0 radical (unpaired) electrons. The van der Waals surface area contributed by atoms with Crippen LogP contribution in [0.15, 0.2) is 52.9 Å². The molecule has 1 aliphatic rings. The predicted molar refractivity (Wildman–Crippen MR) is 126 cm³/mol. The van der Waals surface area contributed by atoms with E-state index in [1.165, 1.54) is 18.2 Å². The molecule has 1 saturated heterocycles. The number of oxazole rings is 1. The summed E-state index contributed by atoms with van der Waals surface area (Å²) in [5.41, 5.74) is 1.74. The van der Waals surface area contributed by atoms with Crippen LogP contribution in [-0.4, -0.2) is 54.5 Å². The molecular formula is C25H27FN4O4. The summed E-state index contributed by atoms with van der Waals surface area (Å²) in [7, 11) is 0. The lowest BCUT2D eigenvalue weighted by Gasteiger charge is -2.26. The fourth-order valence-electron chi connectivity index (χ4n) is 3.65. The van der Waals surface area contributed by atoms with Gasteiger partial charge in [0.25, 0.3) is 0 Å². The lowest BCUT2D eigenvalue weighted by Crippen LogP contribution is -2.38. The number of carbonyl (C=O) groups is 2. The molecule has 0 bridgehead atoms. The second-order valence-electron chi connectivity index (χ2n) is 8.06. The quantitative estimate of drug-likeness (QED) is 0.526. The van der Waals surface area contributed by atoms with Crippen molar-refractivity contribution in [3.05, 3.63) is 65.8 Å². The molecule has 3 aromatic rings. The Morgan fingerprint density at radius 1 is 1.06 bits per heavy atom. The van der Waals surface area contributed by atoms with E-state index in [2.05, 4.69) is 20.5 Å². The van der Waals surface area contributed by atoms with Gasteiger partial charge in [-0.15, -0.1) is 0 Å². The molecule has 0 spiro atoms. The number of amides is 2. The third kappa shape index (κ3) is 6.27. The average molecular weight is 467 g/mol. The van der Waals surface area contributed by atoms with Gasteiger partial charge in [0.05, 0.1) is 31.0 Å². The molecule has 9 heteroatoms. The van der Waals surface area contributed by atoms with E-state index in [1.54, 1.807) is 6.92 Å². The highest BCUT2D eigenvalue weighted by Gasteiger charge is 2.16. The number of aryl methyl sites for hydroxylation is 1. The average Bonchev–Trinajstić information content (AvgIpc) is 3.21. The lowest BCUT2D eigenvalue weighted by molar-refractivity contribution is -0.117. The van der Waals surface area contributed by atoms with Crippen molar-refractivity contribution in [1.82, 2.24) is 9.88 Å². The van der Waals surface area contributed by atoms with Crippen LogP contribution in [0.2, 0.25) is 0 Å². The van der Waals surface area contributed by atoms with E-state index in [0.717, 1.165) is 18.7 Å². The van der Waals surface area contributed by atoms with Gasteiger partial charge < -0.3 is 19.8 Å². The first-order valence-electron chi connectivity index (χ1n) is 11.2. The number of hydrogen-bond donors (Lipinski definition) is 2. The van der Waals surface area contributed by atoms with E-state index >= 15 is 0 Å². The van der Waals surface area contributed by atoms with E-state index in [-0.39, 0.29) is 30.3 Å². The molecule has 0 atom stereocenters. The van der Waals surface area contributed by atoms with Crippen LogP contribution < -0.4 is 10.6 Å². The molecule has 1 fully saturated rings. The third-order valence-corrected chi connectivity index (χ3v) is 5.52. The maximum atomic E-state index is 14.2. The monoisotopic (exact) mass is 466 g/mol. The number of aromatic nitrogens is 1. The smallest absolute Gasteiger partial charge is 0.230 e. The minimum atomic E-state index is -0.572. The number of morpholine rings is 1. The van der Waals surface area contributed by atoms with Crippen molar-refractivity contribution in [2.75, 3.05) is 43.5 Å². The number of rotatable bonds is 8. The van der Waals surface area contributed by atoms with E-state index in [9.17, 15) is 14.0 Å². The van der Waals surface area contributed by atoms with Crippen LogP contribution in [0.25, 0.3) is 11.5 Å². The lowest BCUT2D eigenvalue weighted by atomic mass is 10.2. The zero-order valence-corrected chi connectivity index (χ0v) is 19.0. The summed E-state index contributed by atoms with van der Waals surface area (Å²) >= 11 is 0. The molecule has 178 valence electrons. The fourth-order valence-corrected chi connectivity index (χ4v) is 3.65. The second kappa shape index (κ2) is 11.0. The molecule has 0 saturated carbocycles. The van der Waals surface area contributed by atoms with Gasteiger partial charge in [0.2, 0.25) is 17.7 Å². The number of ether oxygens (including phenoxy) is 1. The Hall–Kier alpha value is -3.56. The van der Waals surface area contributed by atoms with Gasteiger partial charge in [0, 0.05) is 37.3 Å². The minimum absolute atomic E-state index is 0.000779. The highest BCUT2D eigenvalue weighted by Crippen LogP contribution is 2.23. The molecular weight excluding hydrogens is 439 g/mol. The highest BCUT2D eigenvalue weighted by atomic mass is 19.1. The first-order chi connectivity index (χ1) is 16.5. The summed E-state index contributed by atoms with van der Waals surface area (Å²) in [6.07, 6.45) is 0.242. The molecule has 1 aromatic heterocycles. The Labute approximate surface area is 197 Å². The number of halogens is 1. The predicted octanol–water partition coefficient (Wildman–Crippen LogP) is 3.63. The van der Waals surface area contributed by atoms with Crippen LogP contribution in [0.5, 0.6) is 0 Å². The zero-order chi connectivity index (χ0) is 23.9. The number of carbonyl (C=O) groups excluding carboxylic acids is 2. The summed E-state index contributed by atoms with van der Waals surface area (Å²) in [6.45, 7) is 5.20. The van der Waals surface area contributed by atoms with Crippen molar-refractivity contribution in [2.24, 2.45) is 0 Å². The summed E-state index contributed by atoms with van der Waals surface area (Å²) in [5, 5.41) is 5.32. The molecule has 34 heavy (non-hydrogen) atoms. The number of anilines is 2. The molecule has 1 aliphatic heterocycles. The molecule has 8 nitrogen and oxygen atoms in total. The van der Waals surface area contributed by atoms with Crippen molar-refractivity contribution in [3.8, 4) is 11.5 Å². The van der Waals surface area contributed by atoms with Crippen LogP contribution in [0.4, 0.5) is 15.8 Å². The largest absolute Gasteiger partial charge is 0.441 e. The molecule has 0 unspecified atom stereocenters. The normalized spacial score (nSPS) is 14.1. The van der Waals surface area contributed by atoms with Gasteiger partial charge in [0.15, 0.2) is 0 Å². The molecule has 2 amide bonds. The molecule has 2 heterocycles. The summed E-state index contributed by atoms with van der Waals surface area (Å²) in [4.78, 5) is 31.4. The highest BCUT2D eigenvalue weighted by molar-refractivity contribution is 5.95. The van der Waals surface area contributed by atoms with Crippen LogP contribution in [0, 0.1) is 12.7 Å². The van der Waals surface area contributed by atoms with Crippen LogP contribution in [-0.2, 0) is 20.7 Å². The van der Waals surface area contributed by atoms with Crippen molar-refractivity contribution in [2.45, 2.75) is 19.8 Å². The Morgan fingerprint density at radius 2 is 1.82 bits per heavy atom. The second-order valence-corrected chi connectivity index (χ2v) is 8.06. The van der Waals surface area contributed by atoms with E-state index < -0.39 is 5.82 Å². The Morgan fingerprint density at radius 3 is 2.59 bits per heavy atom. The summed E-state index contributed by atoms with van der Waals surface area (Å²) in [6, 6.07) is 13.5. The van der Waals surface area contributed by atoms with E-state index in [0.29, 0.717) is 42.8 Å². The van der Waals surface area contributed by atoms with Crippen LogP contribution in [0.1, 0.15) is 17.9 Å². The fraction of sp³-hybridized carbons (Fsp3) is 0.320. The Kier molecular flexibility index (Phi) is 7.66. The molecule has 2 aromatic carbocycles. The Balaban J connectivity index is 1.34. The third-order valence-electron chi connectivity index (χ3n) is 5.52. The van der Waals surface area contributed by atoms with Gasteiger partial charge in [-0.3, -0.25) is 14.5 Å². The van der Waals surface area contributed by atoms with Crippen molar-refractivity contribution in [1.29, 1.82) is 0 Å². The SMILES string of the molecule is Cc1oc(-c2ccccc2)nc1CC(=O)Nc1ccc(F)c(NC(=O)CCN2CCOCC2)c1. The standard InChI is InChI=1S/C25H27FN4O4/c1-17-21(29-25(34-17)18-5-3-2-4-6-18)16-24(32)27-19-7-8-20(26)22(15-19)28-23(31)9-10-30-11-13-33-14-12-30/h2-8,15H,9-14,16H2,1H3,(H,27,32)(H,28,31).